The van der Waals surface area contributed by atoms with Crippen LogP contribution in [0.15, 0.2) is 84.0 Å². The average molecular weight is 432 g/mol. The van der Waals surface area contributed by atoms with Crippen LogP contribution in [0.5, 0.6) is 11.5 Å². The number of aryl methyl sites for hydroxylation is 1. The molecule has 1 heterocycles. The Morgan fingerprint density at radius 3 is 2.03 bits per heavy atom. The first-order valence-electron chi connectivity index (χ1n) is 10.1. The van der Waals surface area contributed by atoms with Crippen LogP contribution in [0.1, 0.15) is 11.1 Å². The number of ether oxygens (including phenoxy) is 2. The van der Waals surface area contributed by atoms with Gasteiger partial charge in [0.1, 0.15) is 11.5 Å². The minimum atomic E-state index is 0.809. The van der Waals surface area contributed by atoms with E-state index >= 15 is 0 Å². The van der Waals surface area contributed by atoms with Gasteiger partial charge in [-0.1, -0.05) is 54.2 Å². The summed E-state index contributed by atoms with van der Waals surface area (Å²) in [4.78, 5) is 0. The maximum atomic E-state index is 5.29. The third-order valence-electron chi connectivity index (χ3n) is 5.06. The highest BCUT2D eigenvalue weighted by Gasteiger charge is 2.15. The molecule has 3 aromatic carbocycles. The van der Waals surface area contributed by atoms with Crippen molar-refractivity contribution in [3.05, 3.63) is 90.0 Å². The minimum Gasteiger partial charge on any atom is -0.497 e. The second-order valence-electron chi connectivity index (χ2n) is 7.06. The Morgan fingerprint density at radius 2 is 1.39 bits per heavy atom. The van der Waals surface area contributed by atoms with Crippen LogP contribution in [0.25, 0.3) is 11.4 Å². The molecule has 31 heavy (non-hydrogen) atoms. The van der Waals surface area contributed by atoms with Crippen LogP contribution in [0.2, 0.25) is 0 Å². The molecule has 4 rings (SSSR count). The maximum Gasteiger partial charge on any atom is 0.191 e. The van der Waals surface area contributed by atoms with Crippen molar-refractivity contribution in [3.63, 3.8) is 0 Å². The lowest BCUT2D eigenvalue weighted by molar-refractivity contribution is 0.414. The second kappa shape index (κ2) is 10.2. The molecule has 0 spiro atoms. The largest absolute Gasteiger partial charge is 0.497 e. The highest BCUT2D eigenvalue weighted by atomic mass is 32.2. The summed E-state index contributed by atoms with van der Waals surface area (Å²) in [5.74, 6) is 3.38. The van der Waals surface area contributed by atoms with Gasteiger partial charge >= 0.3 is 0 Å². The number of rotatable bonds is 9. The third kappa shape index (κ3) is 5.27. The molecular weight excluding hydrogens is 406 g/mol. The van der Waals surface area contributed by atoms with E-state index in [4.69, 9.17) is 9.47 Å². The topological polar surface area (TPSA) is 49.2 Å². The Hall–Kier alpha value is -3.25. The number of aromatic nitrogens is 3. The predicted octanol–water partition coefficient (Wildman–Crippen LogP) is 5.50. The van der Waals surface area contributed by atoms with Crippen molar-refractivity contribution < 1.29 is 9.47 Å². The molecule has 0 radical (unpaired) electrons. The molecule has 1 aromatic heterocycles. The van der Waals surface area contributed by atoms with Crippen molar-refractivity contribution >= 4 is 11.8 Å². The average Bonchev–Trinajstić information content (AvgIpc) is 3.25. The van der Waals surface area contributed by atoms with Gasteiger partial charge in [0.2, 0.25) is 0 Å². The van der Waals surface area contributed by atoms with Crippen molar-refractivity contribution in [2.24, 2.45) is 0 Å². The minimum absolute atomic E-state index is 0.809. The van der Waals surface area contributed by atoms with E-state index in [0.717, 1.165) is 46.8 Å². The van der Waals surface area contributed by atoms with Crippen molar-refractivity contribution in [1.29, 1.82) is 0 Å². The van der Waals surface area contributed by atoms with Crippen LogP contribution in [-0.2, 0) is 18.7 Å². The fourth-order valence-electron chi connectivity index (χ4n) is 3.31. The number of methoxy groups -OCH3 is 2. The Morgan fingerprint density at radius 1 is 0.742 bits per heavy atom. The van der Waals surface area contributed by atoms with E-state index in [9.17, 15) is 0 Å². The molecule has 0 unspecified atom stereocenters. The van der Waals surface area contributed by atoms with Crippen LogP contribution in [0.3, 0.4) is 0 Å². The van der Waals surface area contributed by atoms with E-state index in [2.05, 4.69) is 51.2 Å². The molecule has 6 heteroatoms. The molecule has 5 nitrogen and oxygen atoms in total. The predicted molar refractivity (Wildman–Crippen MR) is 125 cm³/mol. The molecule has 0 aliphatic rings. The lowest BCUT2D eigenvalue weighted by Gasteiger charge is -2.11. The summed E-state index contributed by atoms with van der Waals surface area (Å²) in [7, 11) is 3.35. The van der Waals surface area contributed by atoms with Crippen LogP contribution in [0, 0.1) is 0 Å². The number of benzene rings is 3. The van der Waals surface area contributed by atoms with Gasteiger partial charge in [-0.3, -0.25) is 0 Å². The van der Waals surface area contributed by atoms with E-state index in [1.54, 1.807) is 26.0 Å². The summed E-state index contributed by atoms with van der Waals surface area (Å²) >= 11 is 1.70. The van der Waals surface area contributed by atoms with Gasteiger partial charge in [-0.2, -0.15) is 0 Å². The molecule has 0 N–H and O–H groups in total. The van der Waals surface area contributed by atoms with Gasteiger partial charge in [-0.15, -0.1) is 10.2 Å². The van der Waals surface area contributed by atoms with Crippen LogP contribution >= 0.6 is 11.8 Å². The lowest BCUT2D eigenvalue weighted by atomic mass is 10.1. The summed E-state index contributed by atoms with van der Waals surface area (Å²) in [5.41, 5.74) is 3.54. The number of hydrogen-bond donors (Lipinski definition) is 0. The fraction of sp³-hybridized carbons (Fsp3) is 0.200. The second-order valence-corrected chi connectivity index (χ2v) is 8.00. The molecule has 0 aliphatic heterocycles. The maximum absolute atomic E-state index is 5.29. The molecule has 0 saturated heterocycles. The van der Waals surface area contributed by atoms with Gasteiger partial charge in [0, 0.05) is 17.9 Å². The fourth-order valence-corrected chi connectivity index (χ4v) is 4.23. The Labute approximate surface area is 187 Å². The smallest absolute Gasteiger partial charge is 0.191 e. The molecule has 0 atom stereocenters. The van der Waals surface area contributed by atoms with E-state index in [-0.39, 0.29) is 0 Å². The molecule has 0 saturated carbocycles. The van der Waals surface area contributed by atoms with Crippen molar-refractivity contribution in [2.75, 3.05) is 14.2 Å². The van der Waals surface area contributed by atoms with E-state index < -0.39 is 0 Å². The molecule has 158 valence electrons. The standard InChI is InChI=1S/C25H25N3O2S/c1-29-22-12-8-20(9-13-22)18-31-25-27-26-24(21-10-14-23(30-2)15-11-21)28(25)17-16-19-6-4-3-5-7-19/h3-15H,16-18H2,1-2H3. The molecule has 4 aromatic rings. The Kier molecular flexibility index (Phi) is 6.89. The van der Waals surface area contributed by atoms with E-state index in [1.165, 1.54) is 11.1 Å². The molecule has 0 aliphatic carbocycles. The summed E-state index contributed by atoms with van der Waals surface area (Å²) < 4.78 is 12.8. The zero-order valence-electron chi connectivity index (χ0n) is 17.7. The normalized spacial score (nSPS) is 10.8. The van der Waals surface area contributed by atoms with Gasteiger partial charge < -0.3 is 14.0 Å². The van der Waals surface area contributed by atoms with Gasteiger partial charge in [0.25, 0.3) is 0 Å². The highest BCUT2D eigenvalue weighted by Crippen LogP contribution is 2.28. The summed E-state index contributed by atoms with van der Waals surface area (Å²) in [5, 5.41) is 9.96. The lowest BCUT2D eigenvalue weighted by Crippen LogP contribution is -2.05. The SMILES string of the molecule is COc1ccc(CSc2nnc(-c3ccc(OC)cc3)n2CCc2ccccc2)cc1. The zero-order chi connectivity index (χ0) is 21.5. The van der Waals surface area contributed by atoms with E-state index in [0.29, 0.717) is 0 Å². The van der Waals surface area contributed by atoms with Crippen molar-refractivity contribution in [3.8, 4) is 22.9 Å². The quantitative estimate of drug-likeness (QED) is 0.328. The number of hydrogen-bond acceptors (Lipinski definition) is 5. The summed E-state index contributed by atoms with van der Waals surface area (Å²) in [6.07, 6.45) is 0.915. The van der Waals surface area contributed by atoms with Crippen LogP contribution < -0.4 is 9.47 Å². The number of thioether (sulfide) groups is 1. The Balaban J connectivity index is 1.57. The first kappa shape index (κ1) is 21.0. The van der Waals surface area contributed by atoms with Gasteiger partial charge in [-0.05, 0) is 53.9 Å². The van der Waals surface area contributed by atoms with Crippen LogP contribution in [-0.4, -0.2) is 29.0 Å². The zero-order valence-corrected chi connectivity index (χ0v) is 18.5. The van der Waals surface area contributed by atoms with Gasteiger partial charge in [0.05, 0.1) is 14.2 Å². The summed E-state index contributed by atoms with van der Waals surface area (Å²) in [6.45, 7) is 0.809. The third-order valence-corrected chi connectivity index (χ3v) is 6.10. The van der Waals surface area contributed by atoms with Crippen LogP contribution in [0.4, 0.5) is 0 Å². The number of nitrogens with zero attached hydrogens (tertiary/aromatic N) is 3. The van der Waals surface area contributed by atoms with Gasteiger partial charge in [0.15, 0.2) is 11.0 Å². The molecule has 0 bridgehead atoms. The highest BCUT2D eigenvalue weighted by molar-refractivity contribution is 7.98. The molecular formula is C25H25N3O2S. The Bertz CT molecular complexity index is 1090. The van der Waals surface area contributed by atoms with Crippen molar-refractivity contribution in [1.82, 2.24) is 14.8 Å². The monoisotopic (exact) mass is 431 g/mol. The van der Waals surface area contributed by atoms with Crippen molar-refractivity contribution in [2.45, 2.75) is 23.9 Å². The first-order valence-corrected chi connectivity index (χ1v) is 11.1. The van der Waals surface area contributed by atoms with Gasteiger partial charge in [-0.25, -0.2) is 0 Å². The molecule has 0 amide bonds. The first-order chi connectivity index (χ1) is 15.3. The van der Waals surface area contributed by atoms with E-state index in [1.807, 2.05) is 42.5 Å². The molecule has 0 fully saturated rings. The summed E-state index contributed by atoms with van der Waals surface area (Å²) in [6, 6.07) is 26.6.